The van der Waals surface area contributed by atoms with Crippen LogP contribution in [0.1, 0.15) is 46.1 Å². The molecule has 0 aromatic heterocycles. The van der Waals surface area contributed by atoms with Gasteiger partial charge in [-0.2, -0.15) is 0 Å². The second kappa shape index (κ2) is 11.1. The fourth-order valence-corrected chi connectivity index (χ4v) is 3.44. The Morgan fingerprint density at radius 1 is 1.23 bits per heavy atom. The summed E-state index contributed by atoms with van der Waals surface area (Å²) >= 11 is 0. The Morgan fingerprint density at radius 2 is 1.77 bits per heavy atom. The number of hydrogen-bond donors (Lipinski definition) is 2. The summed E-state index contributed by atoms with van der Waals surface area (Å²) in [6.07, 6.45) is 2.49. The van der Waals surface area contributed by atoms with Gasteiger partial charge in [-0.25, -0.2) is 0 Å². The van der Waals surface area contributed by atoms with Gasteiger partial charge in [0.1, 0.15) is 5.54 Å². The molecule has 1 aliphatic heterocycles. The number of carbonyl (C=O) groups excluding carboxylic acids is 1. The summed E-state index contributed by atoms with van der Waals surface area (Å²) in [6.45, 7) is 11.5. The van der Waals surface area contributed by atoms with Crippen molar-refractivity contribution in [3.05, 3.63) is 35.9 Å². The number of hydrogen-bond acceptors (Lipinski definition) is 3. The molecule has 0 aliphatic carbocycles. The first kappa shape index (κ1) is 25.2. The number of nitrogens with two attached hydrogens (primary N) is 1. The molecule has 0 saturated carbocycles. The summed E-state index contributed by atoms with van der Waals surface area (Å²) < 4.78 is 0. The number of likely N-dealkylation sites (tertiary alicyclic amines) is 1. The van der Waals surface area contributed by atoms with E-state index in [4.69, 9.17) is 5.73 Å². The first-order chi connectivity index (χ1) is 11.3. The zero-order valence-corrected chi connectivity index (χ0v) is 18.0. The van der Waals surface area contributed by atoms with Crippen LogP contribution >= 0.6 is 24.8 Å². The van der Waals surface area contributed by atoms with E-state index in [1.165, 1.54) is 12.8 Å². The molecule has 2 atom stereocenters. The fourth-order valence-electron chi connectivity index (χ4n) is 3.44. The van der Waals surface area contributed by atoms with Crippen LogP contribution in [-0.4, -0.2) is 36.5 Å². The van der Waals surface area contributed by atoms with Gasteiger partial charge in [0.2, 0.25) is 5.91 Å². The third-order valence-electron chi connectivity index (χ3n) is 5.37. The van der Waals surface area contributed by atoms with Gasteiger partial charge < -0.3 is 11.1 Å². The lowest BCUT2D eigenvalue weighted by Gasteiger charge is -2.39. The maximum atomic E-state index is 12.7. The maximum Gasteiger partial charge on any atom is 0.244 e. The molecule has 2 rings (SSSR count). The van der Waals surface area contributed by atoms with Crippen LogP contribution in [-0.2, 0) is 10.3 Å². The van der Waals surface area contributed by atoms with Crippen LogP contribution in [0.3, 0.4) is 0 Å². The van der Waals surface area contributed by atoms with Crippen molar-refractivity contribution in [2.24, 2.45) is 17.6 Å². The van der Waals surface area contributed by atoms with Gasteiger partial charge in [0, 0.05) is 12.6 Å². The Bertz CT molecular complexity index is 529. The highest BCUT2D eigenvalue weighted by molar-refractivity contribution is 5.87. The van der Waals surface area contributed by atoms with E-state index in [9.17, 15) is 4.79 Å². The van der Waals surface area contributed by atoms with Crippen molar-refractivity contribution in [1.82, 2.24) is 10.2 Å². The largest absolute Gasteiger partial charge is 0.353 e. The Kier molecular flexibility index (Phi) is 10.8. The van der Waals surface area contributed by atoms with Crippen LogP contribution in [0.15, 0.2) is 30.3 Å². The lowest BCUT2D eigenvalue weighted by molar-refractivity contribution is -0.126. The number of carbonyl (C=O) groups is 1. The van der Waals surface area contributed by atoms with Crippen molar-refractivity contribution in [2.75, 3.05) is 19.6 Å². The number of amides is 1. The lowest BCUT2D eigenvalue weighted by atomic mass is 9.91. The minimum atomic E-state index is -1.00. The maximum absolute atomic E-state index is 12.7. The molecule has 150 valence electrons. The van der Waals surface area contributed by atoms with Crippen molar-refractivity contribution in [2.45, 2.75) is 52.1 Å². The van der Waals surface area contributed by atoms with Crippen molar-refractivity contribution in [1.29, 1.82) is 0 Å². The number of benzene rings is 1. The molecule has 0 bridgehead atoms. The number of rotatable bonds is 6. The average Bonchev–Trinajstić information content (AvgIpc) is 2.57. The van der Waals surface area contributed by atoms with Crippen LogP contribution in [0.2, 0.25) is 0 Å². The van der Waals surface area contributed by atoms with Crippen LogP contribution in [0.5, 0.6) is 0 Å². The smallest absolute Gasteiger partial charge is 0.244 e. The molecule has 1 aromatic rings. The highest BCUT2D eigenvalue weighted by Crippen LogP contribution is 2.22. The molecule has 2 unspecified atom stereocenters. The zero-order valence-electron chi connectivity index (χ0n) is 16.4. The SMILES string of the molecule is CC1CCN(C(CNC(=O)C(C)(N)c2ccccc2)C(C)C)CC1.Cl.Cl. The average molecular weight is 404 g/mol. The first-order valence-electron chi connectivity index (χ1n) is 9.19. The molecule has 6 heteroatoms. The molecule has 4 nitrogen and oxygen atoms in total. The number of halogens is 2. The number of nitrogens with one attached hydrogen (secondary N) is 1. The van der Waals surface area contributed by atoms with Gasteiger partial charge in [-0.1, -0.05) is 51.1 Å². The minimum Gasteiger partial charge on any atom is -0.353 e. The molecule has 1 heterocycles. The Balaban J connectivity index is 0.00000312. The predicted octanol–water partition coefficient (Wildman–Crippen LogP) is 3.58. The van der Waals surface area contributed by atoms with Crippen molar-refractivity contribution < 1.29 is 4.79 Å². The second-order valence-corrected chi connectivity index (χ2v) is 7.81. The third kappa shape index (κ3) is 6.41. The van der Waals surface area contributed by atoms with E-state index in [0.717, 1.165) is 24.6 Å². The van der Waals surface area contributed by atoms with Crippen LogP contribution in [0.25, 0.3) is 0 Å². The molecule has 1 fully saturated rings. The quantitative estimate of drug-likeness (QED) is 0.762. The first-order valence-corrected chi connectivity index (χ1v) is 9.19. The summed E-state index contributed by atoms with van der Waals surface area (Å²) in [7, 11) is 0. The van der Waals surface area contributed by atoms with E-state index < -0.39 is 5.54 Å². The van der Waals surface area contributed by atoms with E-state index >= 15 is 0 Å². The topological polar surface area (TPSA) is 58.4 Å². The van der Waals surface area contributed by atoms with Gasteiger partial charge in [-0.05, 0) is 50.3 Å². The number of piperidine rings is 1. The van der Waals surface area contributed by atoms with Crippen LogP contribution < -0.4 is 11.1 Å². The summed E-state index contributed by atoms with van der Waals surface area (Å²) in [5.41, 5.74) is 6.16. The normalized spacial score (nSPS) is 19.0. The van der Waals surface area contributed by atoms with Gasteiger partial charge in [-0.3, -0.25) is 9.69 Å². The van der Waals surface area contributed by atoms with E-state index in [2.05, 4.69) is 31.0 Å². The summed E-state index contributed by atoms with van der Waals surface area (Å²) in [5, 5.41) is 3.11. The van der Waals surface area contributed by atoms with E-state index in [1.807, 2.05) is 30.3 Å². The second-order valence-electron chi connectivity index (χ2n) is 7.81. The highest BCUT2D eigenvalue weighted by Gasteiger charge is 2.32. The molecule has 1 saturated heterocycles. The van der Waals surface area contributed by atoms with Gasteiger partial charge in [0.15, 0.2) is 0 Å². The molecule has 0 spiro atoms. The fraction of sp³-hybridized carbons (Fsp3) is 0.650. The van der Waals surface area contributed by atoms with Gasteiger partial charge >= 0.3 is 0 Å². The molecule has 3 N–H and O–H groups in total. The number of nitrogens with zero attached hydrogens (tertiary/aromatic N) is 1. The van der Waals surface area contributed by atoms with E-state index in [0.29, 0.717) is 18.5 Å². The standard InChI is InChI=1S/C20H33N3O.2ClH/c1-15(2)18(23-12-10-16(3)11-13-23)14-22-19(24)20(4,21)17-8-6-5-7-9-17;;/h5-9,15-16,18H,10-14,21H2,1-4H3,(H,22,24);2*1H. The Hall–Kier alpha value is -0.810. The molecule has 1 aliphatic rings. The molecule has 1 amide bonds. The molecule has 0 radical (unpaired) electrons. The summed E-state index contributed by atoms with van der Waals surface area (Å²) in [5.74, 6) is 1.21. The van der Waals surface area contributed by atoms with Gasteiger partial charge in [0.25, 0.3) is 0 Å². The van der Waals surface area contributed by atoms with E-state index in [1.54, 1.807) is 6.92 Å². The third-order valence-corrected chi connectivity index (χ3v) is 5.37. The highest BCUT2D eigenvalue weighted by atomic mass is 35.5. The van der Waals surface area contributed by atoms with Crippen molar-refractivity contribution in [3.8, 4) is 0 Å². The molecule has 26 heavy (non-hydrogen) atoms. The molecular weight excluding hydrogens is 369 g/mol. The summed E-state index contributed by atoms with van der Waals surface area (Å²) in [4.78, 5) is 15.2. The zero-order chi connectivity index (χ0) is 17.7. The monoisotopic (exact) mass is 403 g/mol. The molecular formula is C20H35Cl2N3O. The lowest BCUT2D eigenvalue weighted by Crippen LogP contribution is -2.54. The van der Waals surface area contributed by atoms with E-state index in [-0.39, 0.29) is 30.7 Å². The van der Waals surface area contributed by atoms with Crippen LogP contribution in [0, 0.1) is 11.8 Å². The van der Waals surface area contributed by atoms with Crippen LogP contribution in [0.4, 0.5) is 0 Å². The van der Waals surface area contributed by atoms with Crippen molar-refractivity contribution >= 4 is 30.7 Å². The van der Waals surface area contributed by atoms with Gasteiger partial charge in [0.05, 0.1) is 0 Å². The van der Waals surface area contributed by atoms with Crippen molar-refractivity contribution in [3.63, 3.8) is 0 Å². The van der Waals surface area contributed by atoms with Gasteiger partial charge in [-0.15, -0.1) is 24.8 Å². The minimum absolute atomic E-state index is 0. The Labute approximate surface area is 171 Å². The predicted molar refractivity (Wildman–Crippen MR) is 114 cm³/mol. The Morgan fingerprint density at radius 3 is 2.27 bits per heavy atom. The summed E-state index contributed by atoms with van der Waals surface area (Å²) in [6, 6.07) is 9.95. The molecule has 1 aromatic carbocycles.